The summed E-state index contributed by atoms with van der Waals surface area (Å²) in [5.41, 5.74) is 0.121. The van der Waals surface area contributed by atoms with Crippen LogP contribution in [0.2, 0.25) is 5.02 Å². The zero-order valence-corrected chi connectivity index (χ0v) is 13.6. The Morgan fingerprint density at radius 1 is 1.25 bits per heavy atom. The van der Waals surface area contributed by atoms with Gasteiger partial charge in [0.15, 0.2) is 4.91 Å². The van der Waals surface area contributed by atoms with Crippen molar-refractivity contribution in [2.75, 3.05) is 5.32 Å². The minimum absolute atomic E-state index is 0.0828. The third-order valence-electron chi connectivity index (χ3n) is 2.95. The first-order valence-corrected chi connectivity index (χ1v) is 8.32. The van der Waals surface area contributed by atoms with Gasteiger partial charge in [-0.2, -0.15) is 5.26 Å². The van der Waals surface area contributed by atoms with Crippen molar-refractivity contribution in [1.29, 1.82) is 5.26 Å². The summed E-state index contributed by atoms with van der Waals surface area (Å²) in [5.74, 6) is 0. The van der Waals surface area contributed by atoms with Gasteiger partial charge in [0.1, 0.15) is 6.07 Å². The predicted octanol–water partition coefficient (Wildman–Crippen LogP) is 3.50. The van der Waals surface area contributed by atoms with Crippen molar-refractivity contribution in [2.45, 2.75) is 4.90 Å². The average molecular weight is 364 g/mol. The Morgan fingerprint density at radius 2 is 1.92 bits per heavy atom. The van der Waals surface area contributed by atoms with Gasteiger partial charge in [-0.15, -0.1) is 0 Å². The van der Waals surface area contributed by atoms with E-state index < -0.39 is 19.7 Å². The van der Waals surface area contributed by atoms with Gasteiger partial charge in [-0.25, -0.2) is 8.42 Å². The van der Waals surface area contributed by atoms with Gasteiger partial charge in [0.05, 0.1) is 9.82 Å². The highest BCUT2D eigenvalue weighted by atomic mass is 35.5. The fourth-order valence-corrected chi connectivity index (χ4v) is 2.98. The lowest BCUT2D eigenvalue weighted by Gasteiger charge is -2.05. The maximum absolute atomic E-state index is 12.4. The second-order valence-corrected chi connectivity index (χ2v) is 6.88. The summed E-state index contributed by atoms with van der Waals surface area (Å²) in [7, 11) is -4.02. The number of anilines is 1. The van der Waals surface area contributed by atoms with Crippen LogP contribution >= 0.6 is 11.6 Å². The van der Waals surface area contributed by atoms with Crippen molar-refractivity contribution >= 4 is 32.8 Å². The maximum Gasteiger partial charge on any atom is 0.271 e. The Bertz CT molecular complexity index is 947. The van der Waals surface area contributed by atoms with E-state index in [-0.39, 0.29) is 16.3 Å². The van der Waals surface area contributed by atoms with E-state index in [0.29, 0.717) is 5.02 Å². The van der Waals surface area contributed by atoms with E-state index in [1.54, 1.807) is 6.07 Å². The summed E-state index contributed by atoms with van der Waals surface area (Å²) in [6.07, 6.45) is 0.989. The number of nitrogens with one attached hydrogen (secondary N) is 1. The Kier molecular flexibility index (Phi) is 5.18. The van der Waals surface area contributed by atoms with Crippen LogP contribution in [0.4, 0.5) is 11.4 Å². The molecule has 0 atom stereocenters. The van der Waals surface area contributed by atoms with E-state index in [1.165, 1.54) is 48.5 Å². The number of nitriles is 1. The van der Waals surface area contributed by atoms with Crippen LogP contribution in [-0.4, -0.2) is 13.3 Å². The van der Waals surface area contributed by atoms with Gasteiger partial charge in [0, 0.05) is 29.0 Å². The lowest BCUT2D eigenvalue weighted by molar-refractivity contribution is -0.384. The Morgan fingerprint density at radius 3 is 2.50 bits per heavy atom. The molecular weight excluding hydrogens is 354 g/mol. The summed E-state index contributed by atoms with van der Waals surface area (Å²) in [6.45, 7) is 0. The molecule has 2 aromatic carbocycles. The summed E-state index contributed by atoms with van der Waals surface area (Å²) >= 11 is 5.71. The Labute approximate surface area is 142 Å². The minimum atomic E-state index is -4.02. The topological polar surface area (TPSA) is 113 Å². The number of hydrogen-bond donors (Lipinski definition) is 1. The SMILES string of the molecule is N#C/C(=C\Nc1cccc([N+](=O)[O-])c1)S(=O)(=O)c1ccc(Cl)cc1. The Balaban J connectivity index is 2.32. The van der Waals surface area contributed by atoms with Gasteiger partial charge >= 0.3 is 0 Å². The van der Waals surface area contributed by atoms with Crippen molar-refractivity contribution in [3.05, 3.63) is 74.8 Å². The average Bonchev–Trinajstić information content (AvgIpc) is 2.56. The molecule has 2 aromatic rings. The molecule has 7 nitrogen and oxygen atoms in total. The molecule has 1 N–H and O–H groups in total. The first kappa shape index (κ1) is 17.5. The zero-order valence-electron chi connectivity index (χ0n) is 12.0. The van der Waals surface area contributed by atoms with Crippen LogP contribution in [0, 0.1) is 21.4 Å². The molecule has 2 rings (SSSR count). The van der Waals surface area contributed by atoms with Crippen LogP contribution in [0.5, 0.6) is 0 Å². The number of nitro benzene ring substituents is 1. The van der Waals surface area contributed by atoms with Crippen LogP contribution in [0.15, 0.2) is 64.5 Å². The molecule has 0 aliphatic rings. The van der Waals surface area contributed by atoms with Gasteiger partial charge in [0.2, 0.25) is 9.84 Å². The molecule has 0 amide bonds. The van der Waals surface area contributed by atoms with Gasteiger partial charge in [0.25, 0.3) is 5.69 Å². The van der Waals surface area contributed by atoms with Crippen molar-refractivity contribution in [3.63, 3.8) is 0 Å². The normalized spacial score (nSPS) is 11.6. The van der Waals surface area contributed by atoms with Crippen LogP contribution in [0.1, 0.15) is 0 Å². The minimum Gasteiger partial charge on any atom is -0.360 e. The number of allylic oxidation sites excluding steroid dienone is 1. The van der Waals surface area contributed by atoms with Crippen LogP contribution in [0.25, 0.3) is 0 Å². The lowest BCUT2D eigenvalue weighted by atomic mass is 10.3. The van der Waals surface area contributed by atoms with E-state index in [0.717, 1.165) is 6.20 Å². The molecule has 0 heterocycles. The Hall–Kier alpha value is -2.89. The fourth-order valence-electron chi connectivity index (χ4n) is 1.77. The van der Waals surface area contributed by atoms with E-state index in [2.05, 4.69) is 5.32 Å². The third-order valence-corrected chi connectivity index (χ3v) is 4.88. The number of sulfone groups is 1. The van der Waals surface area contributed by atoms with E-state index >= 15 is 0 Å². The van der Waals surface area contributed by atoms with Crippen molar-refractivity contribution in [1.82, 2.24) is 0 Å². The first-order valence-electron chi connectivity index (χ1n) is 6.46. The highest BCUT2D eigenvalue weighted by Gasteiger charge is 2.20. The molecule has 0 fully saturated rings. The number of rotatable bonds is 5. The van der Waals surface area contributed by atoms with Crippen LogP contribution in [0.3, 0.4) is 0 Å². The van der Waals surface area contributed by atoms with Gasteiger partial charge in [-0.05, 0) is 30.3 Å². The third kappa shape index (κ3) is 3.90. The molecule has 0 aromatic heterocycles. The number of hydrogen-bond acceptors (Lipinski definition) is 6. The molecular formula is C15H10ClN3O4S. The molecule has 24 heavy (non-hydrogen) atoms. The number of halogens is 1. The largest absolute Gasteiger partial charge is 0.360 e. The molecule has 0 aliphatic heterocycles. The highest BCUT2D eigenvalue weighted by molar-refractivity contribution is 7.95. The number of nitrogens with zero attached hydrogens (tertiary/aromatic N) is 2. The quantitative estimate of drug-likeness (QED) is 0.494. The molecule has 122 valence electrons. The smallest absolute Gasteiger partial charge is 0.271 e. The molecule has 9 heteroatoms. The summed E-state index contributed by atoms with van der Waals surface area (Å²) < 4.78 is 24.8. The fraction of sp³-hybridized carbons (Fsp3) is 0. The van der Waals surface area contributed by atoms with Gasteiger partial charge in [-0.1, -0.05) is 17.7 Å². The maximum atomic E-state index is 12.4. The molecule has 0 spiro atoms. The van der Waals surface area contributed by atoms with Crippen LogP contribution < -0.4 is 5.32 Å². The lowest BCUT2D eigenvalue weighted by Crippen LogP contribution is -2.05. The summed E-state index contributed by atoms with van der Waals surface area (Å²) in [5, 5.41) is 22.8. The van der Waals surface area contributed by atoms with Crippen molar-refractivity contribution < 1.29 is 13.3 Å². The number of nitro groups is 1. The first-order chi connectivity index (χ1) is 11.3. The number of benzene rings is 2. The van der Waals surface area contributed by atoms with Crippen molar-refractivity contribution in [2.24, 2.45) is 0 Å². The predicted molar refractivity (Wildman–Crippen MR) is 89.1 cm³/mol. The summed E-state index contributed by atoms with van der Waals surface area (Å²) in [6, 6.07) is 12.4. The second kappa shape index (κ2) is 7.12. The summed E-state index contributed by atoms with van der Waals surface area (Å²) in [4.78, 5) is 9.53. The van der Waals surface area contributed by atoms with E-state index in [4.69, 9.17) is 16.9 Å². The molecule has 0 saturated heterocycles. The second-order valence-electron chi connectivity index (χ2n) is 4.53. The molecule has 0 aliphatic carbocycles. The zero-order chi connectivity index (χ0) is 17.7. The van der Waals surface area contributed by atoms with E-state index in [9.17, 15) is 18.5 Å². The van der Waals surface area contributed by atoms with Gasteiger partial charge < -0.3 is 5.32 Å². The molecule has 0 unspecified atom stereocenters. The number of non-ortho nitro benzene ring substituents is 1. The van der Waals surface area contributed by atoms with Crippen molar-refractivity contribution in [3.8, 4) is 6.07 Å². The molecule has 0 saturated carbocycles. The highest BCUT2D eigenvalue weighted by Crippen LogP contribution is 2.22. The van der Waals surface area contributed by atoms with Gasteiger partial charge in [-0.3, -0.25) is 10.1 Å². The standard InChI is InChI=1S/C15H10ClN3O4S/c16-11-4-6-14(7-5-11)24(22,23)15(9-17)10-18-12-2-1-3-13(8-12)19(20)21/h1-8,10,18H/b15-10+. The molecule has 0 bridgehead atoms. The molecule has 0 radical (unpaired) electrons. The van der Waals surface area contributed by atoms with Crippen LogP contribution in [-0.2, 0) is 9.84 Å². The van der Waals surface area contributed by atoms with E-state index in [1.807, 2.05) is 0 Å². The monoisotopic (exact) mass is 363 g/mol.